The summed E-state index contributed by atoms with van der Waals surface area (Å²) in [4.78, 5) is 11.9. The first-order valence-corrected chi connectivity index (χ1v) is 10.1. The first-order chi connectivity index (χ1) is 14.2. The normalized spacial score (nSPS) is 10.9. The van der Waals surface area contributed by atoms with Crippen molar-refractivity contribution >= 4 is 17.5 Å². The van der Waals surface area contributed by atoms with E-state index in [9.17, 15) is 9.90 Å². The molecule has 0 fully saturated rings. The Kier molecular flexibility index (Phi) is 5.44. The van der Waals surface area contributed by atoms with Gasteiger partial charge in [0.15, 0.2) is 0 Å². The Morgan fingerprint density at radius 2 is 1.86 bits per heavy atom. The van der Waals surface area contributed by atoms with E-state index in [4.69, 9.17) is 0 Å². The van der Waals surface area contributed by atoms with Gasteiger partial charge in [-0.25, -0.2) is 4.79 Å². The molecule has 2 aromatic heterocycles. The number of H-pyrrole nitrogens is 1. The van der Waals surface area contributed by atoms with Crippen molar-refractivity contribution in [3.05, 3.63) is 70.2 Å². The minimum Gasteiger partial charge on any atom is -0.477 e. The number of nitrogens with zero attached hydrogens (tertiary/aromatic N) is 4. The van der Waals surface area contributed by atoms with Gasteiger partial charge in [-0.2, -0.15) is 9.59 Å². The first kappa shape index (κ1) is 18.9. The third-order valence-corrected chi connectivity index (χ3v) is 5.63. The van der Waals surface area contributed by atoms with Gasteiger partial charge in [-0.05, 0) is 39.9 Å². The number of aromatic nitrogens is 5. The molecule has 0 saturated carbocycles. The molecule has 0 aliphatic rings. The molecular formula is C21H19N5O2S. The number of carboxylic acid groups (broad SMARTS) is 1. The highest BCUT2D eigenvalue weighted by atomic mass is 32.1. The van der Waals surface area contributed by atoms with Gasteiger partial charge in [-0.15, -0.1) is 10.2 Å². The largest absolute Gasteiger partial charge is 0.477 e. The van der Waals surface area contributed by atoms with E-state index in [1.807, 2.05) is 48.5 Å². The number of carboxylic acids is 1. The van der Waals surface area contributed by atoms with E-state index < -0.39 is 5.97 Å². The highest BCUT2D eigenvalue weighted by molar-refractivity contribution is 7.08. The molecule has 29 heavy (non-hydrogen) atoms. The molecule has 0 bridgehead atoms. The summed E-state index contributed by atoms with van der Waals surface area (Å²) < 4.78 is 4.37. The van der Waals surface area contributed by atoms with Crippen LogP contribution in [0.25, 0.3) is 22.5 Å². The smallest absolute Gasteiger partial charge is 0.347 e. The Morgan fingerprint density at radius 1 is 1.10 bits per heavy atom. The maximum absolute atomic E-state index is 11.6. The molecule has 146 valence electrons. The molecule has 2 N–H and O–H groups in total. The average molecular weight is 405 g/mol. The fraction of sp³-hybridized carbons (Fsp3) is 0.190. The van der Waals surface area contributed by atoms with Crippen LogP contribution in [0.1, 0.15) is 39.8 Å². The quantitative estimate of drug-likeness (QED) is 0.477. The molecule has 0 aliphatic heterocycles. The lowest BCUT2D eigenvalue weighted by Crippen LogP contribution is -2.02. The van der Waals surface area contributed by atoms with Gasteiger partial charge < -0.3 is 5.11 Å². The van der Waals surface area contributed by atoms with Gasteiger partial charge in [0.1, 0.15) is 4.88 Å². The number of hydrogen-bond acceptors (Lipinski definition) is 6. The topological polar surface area (TPSA) is 105 Å². The van der Waals surface area contributed by atoms with Crippen molar-refractivity contribution in [2.24, 2.45) is 0 Å². The Hall–Kier alpha value is -3.39. The van der Waals surface area contributed by atoms with Crippen LogP contribution in [0.3, 0.4) is 0 Å². The van der Waals surface area contributed by atoms with Gasteiger partial charge in [-0.1, -0.05) is 61.9 Å². The number of carbonyl (C=O) groups is 1. The molecule has 4 aromatic rings. The lowest BCUT2D eigenvalue weighted by atomic mass is 9.96. The van der Waals surface area contributed by atoms with Crippen LogP contribution in [0, 0.1) is 0 Å². The SMILES string of the molecule is CCCc1nsc(C(=O)O)c1Cc1ccc(-c2ccccc2-c2nn[nH]n2)cc1. The predicted molar refractivity (Wildman–Crippen MR) is 111 cm³/mol. The second-order valence-electron chi connectivity index (χ2n) is 6.65. The molecule has 2 heterocycles. The van der Waals surface area contributed by atoms with Gasteiger partial charge in [0, 0.05) is 17.5 Å². The van der Waals surface area contributed by atoms with E-state index in [0.717, 1.165) is 57.9 Å². The minimum atomic E-state index is -0.912. The van der Waals surface area contributed by atoms with Crippen LogP contribution in [0.5, 0.6) is 0 Å². The van der Waals surface area contributed by atoms with E-state index in [2.05, 4.69) is 31.9 Å². The molecule has 0 unspecified atom stereocenters. The first-order valence-electron chi connectivity index (χ1n) is 9.30. The summed E-state index contributed by atoms with van der Waals surface area (Å²) in [6.45, 7) is 2.07. The number of rotatable bonds is 7. The van der Waals surface area contributed by atoms with Crippen molar-refractivity contribution < 1.29 is 9.90 Å². The molecule has 2 aromatic carbocycles. The summed E-state index contributed by atoms with van der Waals surface area (Å²) >= 11 is 1.07. The van der Waals surface area contributed by atoms with Gasteiger partial charge in [0.05, 0.1) is 5.69 Å². The molecule has 0 aliphatic carbocycles. The maximum atomic E-state index is 11.6. The Labute approximate surface area is 171 Å². The Balaban J connectivity index is 1.64. The monoisotopic (exact) mass is 405 g/mol. The van der Waals surface area contributed by atoms with Crippen LogP contribution in [-0.2, 0) is 12.8 Å². The van der Waals surface area contributed by atoms with Gasteiger partial charge in [0.2, 0.25) is 5.82 Å². The third kappa shape index (κ3) is 3.93. The third-order valence-electron chi connectivity index (χ3n) is 4.71. The molecule has 0 amide bonds. The standard InChI is InChI=1S/C21H19N5O2S/c1-2-5-18-17(19(21(27)28)29-24-18)12-13-8-10-14(11-9-13)15-6-3-4-7-16(15)20-22-25-26-23-20/h3-4,6-11H,2,5,12H2,1H3,(H,27,28)(H,22,23,25,26). The second-order valence-corrected chi connectivity index (χ2v) is 7.42. The number of nitrogens with one attached hydrogen (secondary N) is 1. The van der Waals surface area contributed by atoms with Crippen LogP contribution in [0.2, 0.25) is 0 Å². The van der Waals surface area contributed by atoms with Crippen molar-refractivity contribution in [1.29, 1.82) is 0 Å². The number of benzene rings is 2. The summed E-state index contributed by atoms with van der Waals surface area (Å²) in [6.07, 6.45) is 2.27. The van der Waals surface area contributed by atoms with E-state index in [0.29, 0.717) is 17.1 Å². The summed E-state index contributed by atoms with van der Waals surface area (Å²) in [7, 11) is 0. The number of tetrazole rings is 1. The summed E-state index contributed by atoms with van der Waals surface area (Å²) in [5.74, 6) is -0.366. The average Bonchev–Trinajstić information content (AvgIpc) is 3.40. The van der Waals surface area contributed by atoms with Crippen molar-refractivity contribution in [2.45, 2.75) is 26.2 Å². The predicted octanol–water partition coefficient (Wildman–Crippen LogP) is 4.23. The molecule has 0 radical (unpaired) electrons. The van der Waals surface area contributed by atoms with Crippen LogP contribution in [-0.4, -0.2) is 36.1 Å². The highest BCUT2D eigenvalue weighted by Gasteiger charge is 2.19. The Morgan fingerprint density at radius 3 is 2.52 bits per heavy atom. The number of aromatic amines is 1. The summed E-state index contributed by atoms with van der Waals surface area (Å²) in [5, 5.41) is 23.8. The fourth-order valence-electron chi connectivity index (χ4n) is 3.34. The second kappa shape index (κ2) is 8.32. The van der Waals surface area contributed by atoms with Crippen LogP contribution in [0.4, 0.5) is 0 Å². The lowest BCUT2D eigenvalue weighted by Gasteiger charge is -2.09. The van der Waals surface area contributed by atoms with Crippen LogP contribution >= 0.6 is 11.5 Å². The number of hydrogen-bond donors (Lipinski definition) is 2. The summed E-state index contributed by atoms with van der Waals surface area (Å²) in [5.41, 5.74) is 5.70. The molecule has 4 rings (SSSR count). The minimum absolute atomic E-state index is 0.333. The molecular weight excluding hydrogens is 386 g/mol. The van der Waals surface area contributed by atoms with E-state index in [1.165, 1.54) is 0 Å². The van der Waals surface area contributed by atoms with Crippen molar-refractivity contribution in [1.82, 2.24) is 25.0 Å². The van der Waals surface area contributed by atoms with Crippen LogP contribution < -0.4 is 0 Å². The zero-order chi connectivity index (χ0) is 20.2. The number of aromatic carboxylic acids is 1. The van der Waals surface area contributed by atoms with E-state index in [-0.39, 0.29) is 0 Å². The van der Waals surface area contributed by atoms with Crippen LogP contribution in [0.15, 0.2) is 48.5 Å². The van der Waals surface area contributed by atoms with E-state index in [1.54, 1.807) is 0 Å². The molecule has 0 spiro atoms. The van der Waals surface area contributed by atoms with Gasteiger partial charge in [0.25, 0.3) is 0 Å². The molecule has 0 atom stereocenters. The van der Waals surface area contributed by atoms with Crippen molar-refractivity contribution in [3.63, 3.8) is 0 Å². The zero-order valence-corrected chi connectivity index (χ0v) is 16.6. The number of aryl methyl sites for hydroxylation is 1. The molecule has 0 saturated heterocycles. The van der Waals surface area contributed by atoms with Crippen molar-refractivity contribution in [2.75, 3.05) is 0 Å². The molecule has 8 heteroatoms. The zero-order valence-electron chi connectivity index (χ0n) is 15.8. The highest BCUT2D eigenvalue weighted by Crippen LogP contribution is 2.30. The molecule has 7 nitrogen and oxygen atoms in total. The lowest BCUT2D eigenvalue weighted by molar-refractivity contribution is 0.0701. The van der Waals surface area contributed by atoms with E-state index >= 15 is 0 Å². The van der Waals surface area contributed by atoms with Gasteiger partial charge >= 0.3 is 5.97 Å². The Bertz CT molecular complexity index is 1120. The van der Waals surface area contributed by atoms with Crippen molar-refractivity contribution in [3.8, 4) is 22.5 Å². The maximum Gasteiger partial charge on any atom is 0.347 e. The van der Waals surface area contributed by atoms with Gasteiger partial charge in [-0.3, -0.25) is 0 Å². The fourth-order valence-corrected chi connectivity index (χ4v) is 4.12. The summed E-state index contributed by atoms with van der Waals surface area (Å²) in [6, 6.07) is 16.0.